The Morgan fingerprint density at radius 3 is 2.47 bits per heavy atom. The van der Waals surface area contributed by atoms with Crippen LogP contribution < -0.4 is 11.1 Å². The number of carbonyl (C=O) groups excluding carboxylic acids is 1. The highest BCUT2D eigenvalue weighted by Crippen LogP contribution is 2.02. The summed E-state index contributed by atoms with van der Waals surface area (Å²) in [6.45, 7) is 3.03. The molecule has 0 aromatic heterocycles. The van der Waals surface area contributed by atoms with E-state index in [1.807, 2.05) is 6.92 Å². The van der Waals surface area contributed by atoms with Crippen molar-refractivity contribution in [3.8, 4) is 0 Å². The summed E-state index contributed by atoms with van der Waals surface area (Å²) in [4.78, 5) is 21.7. The summed E-state index contributed by atoms with van der Waals surface area (Å²) < 4.78 is 0. The van der Waals surface area contributed by atoms with E-state index in [9.17, 15) is 14.7 Å². The van der Waals surface area contributed by atoms with Crippen molar-refractivity contribution >= 4 is 11.9 Å². The molecule has 0 saturated heterocycles. The molecule has 0 aliphatic heterocycles. The fourth-order valence-corrected chi connectivity index (χ4v) is 0.818. The molecule has 0 rings (SSSR count). The number of carbonyl (C=O) groups is 2. The zero-order valence-corrected chi connectivity index (χ0v) is 8.99. The first kappa shape index (κ1) is 13.9. The van der Waals surface area contributed by atoms with E-state index >= 15 is 0 Å². The average Bonchev–Trinajstić information content (AvgIpc) is 2.14. The quantitative estimate of drug-likeness (QED) is 0.453. The maximum absolute atomic E-state index is 11.2. The third-order valence-corrected chi connectivity index (χ3v) is 2.03. The minimum atomic E-state index is -1.93. The van der Waals surface area contributed by atoms with E-state index in [0.29, 0.717) is 6.54 Å². The van der Waals surface area contributed by atoms with Gasteiger partial charge >= 0.3 is 5.97 Å². The summed E-state index contributed by atoms with van der Waals surface area (Å²) >= 11 is 0. The van der Waals surface area contributed by atoms with Gasteiger partial charge in [0.05, 0.1) is 6.54 Å². The van der Waals surface area contributed by atoms with Gasteiger partial charge in [0.1, 0.15) is 0 Å². The topological polar surface area (TPSA) is 113 Å². The second-order valence-corrected chi connectivity index (χ2v) is 3.90. The minimum absolute atomic E-state index is 0.0415. The maximum atomic E-state index is 11.2. The van der Waals surface area contributed by atoms with Crippen LogP contribution in [0.3, 0.4) is 0 Å². The second-order valence-electron chi connectivity index (χ2n) is 3.90. The lowest BCUT2D eigenvalue weighted by Crippen LogP contribution is -2.46. The Balaban J connectivity index is 3.96. The van der Waals surface area contributed by atoms with Crippen LogP contribution in [0.4, 0.5) is 0 Å². The normalized spacial score (nSPS) is 16.5. The summed E-state index contributed by atoms with van der Waals surface area (Å²) in [5.74, 6) is -1.64. The van der Waals surface area contributed by atoms with Crippen LogP contribution in [0.1, 0.15) is 20.3 Å². The van der Waals surface area contributed by atoms with Gasteiger partial charge in [-0.1, -0.05) is 6.92 Å². The van der Waals surface area contributed by atoms with Crippen LogP contribution in [0.5, 0.6) is 0 Å². The average molecular weight is 218 g/mol. The molecule has 0 radical (unpaired) electrons. The molecule has 15 heavy (non-hydrogen) atoms. The van der Waals surface area contributed by atoms with Crippen molar-refractivity contribution < 1.29 is 19.8 Å². The lowest BCUT2D eigenvalue weighted by atomic mass is 10.1. The summed E-state index contributed by atoms with van der Waals surface area (Å²) in [7, 11) is 0. The van der Waals surface area contributed by atoms with Gasteiger partial charge in [-0.2, -0.15) is 0 Å². The number of rotatable bonds is 6. The van der Waals surface area contributed by atoms with Crippen molar-refractivity contribution in [2.45, 2.75) is 25.9 Å². The summed E-state index contributed by atoms with van der Waals surface area (Å²) in [6, 6.07) is 0. The van der Waals surface area contributed by atoms with E-state index in [1.54, 1.807) is 0 Å². The number of nitrogens with two attached hydrogens (primary N) is 1. The van der Waals surface area contributed by atoms with Gasteiger partial charge in [0.15, 0.2) is 5.60 Å². The SMILES string of the molecule is CC(CN)CC(=O)NCC(C)(O)C(=O)O. The number of carboxylic acid groups (broad SMARTS) is 1. The molecule has 0 aliphatic rings. The van der Waals surface area contributed by atoms with Crippen LogP contribution in [0.15, 0.2) is 0 Å². The monoisotopic (exact) mass is 218 g/mol. The van der Waals surface area contributed by atoms with Gasteiger partial charge in [0.2, 0.25) is 5.91 Å². The predicted octanol–water partition coefficient (Wildman–Crippen LogP) is -1.08. The lowest BCUT2D eigenvalue weighted by molar-refractivity contribution is -0.156. The van der Waals surface area contributed by atoms with Gasteiger partial charge in [-0.3, -0.25) is 4.79 Å². The van der Waals surface area contributed by atoms with E-state index in [0.717, 1.165) is 6.92 Å². The fraction of sp³-hybridized carbons (Fsp3) is 0.778. The molecule has 2 atom stereocenters. The highest BCUT2D eigenvalue weighted by molar-refractivity contribution is 5.80. The molecule has 0 bridgehead atoms. The highest BCUT2D eigenvalue weighted by atomic mass is 16.4. The first-order valence-corrected chi connectivity index (χ1v) is 4.72. The Hall–Kier alpha value is -1.14. The van der Waals surface area contributed by atoms with E-state index < -0.39 is 11.6 Å². The maximum Gasteiger partial charge on any atom is 0.337 e. The second kappa shape index (κ2) is 5.67. The van der Waals surface area contributed by atoms with Gasteiger partial charge in [0.25, 0.3) is 0 Å². The van der Waals surface area contributed by atoms with E-state index in [4.69, 9.17) is 10.8 Å². The summed E-state index contributed by atoms with van der Waals surface area (Å²) in [5.41, 5.74) is 3.40. The van der Waals surface area contributed by atoms with Crippen LogP contribution in [-0.4, -0.2) is 40.8 Å². The van der Waals surface area contributed by atoms with Gasteiger partial charge in [-0.15, -0.1) is 0 Å². The van der Waals surface area contributed by atoms with Crippen LogP contribution in [-0.2, 0) is 9.59 Å². The number of nitrogens with one attached hydrogen (secondary N) is 1. The molecule has 0 fully saturated rings. The number of hydrogen-bond donors (Lipinski definition) is 4. The zero-order chi connectivity index (χ0) is 12.1. The standard InChI is InChI=1S/C9H18N2O4/c1-6(4-10)3-7(12)11-5-9(2,15)8(13)14/h6,15H,3-5,10H2,1-2H3,(H,11,12)(H,13,14). The molecule has 2 unspecified atom stereocenters. The number of aliphatic hydroxyl groups is 1. The summed E-state index contributed by atoms with van der Waals surface area (Å²) in [5, 5.41) is 20.2. The van der Waals surface area contributed by atoms with E-state index in [1.165, 1.54) is 0 Å². The molecular weight excluding hydrogens is 200 g/mol. The Labute approximate surface area is 88.5 Å². The molecular formula is C9H18N2O4. The molecule has 88 valence electrons. The largest absolute Gasteiger partial charge is 0.479 e. The Morgan fingerprint density at radius 1 is 1.53 bits per heavy atom. The van der Waals surface area contributed by atoms with Crippen molar-refractivity contribution in [1.82, 2.24) is 5.32 Å². The number of hydrogen-bond acceptors (Lipinski definition) is 4. The third-order valence-electron chi connectivity index (χ3n) is 2.03. The van der Waals surface area contributed by atoms with Crippen LogP contribution in [0.25, 0.3) is 0 Å². The first-order valence-electron chi connectivity index (χ1n) is 4.72. The van der Waals surface area contributed by atoms with Crippen LogP contribution in [0, 0.1) is 5.92 Å². The molecule has 0 aromatic carbocycles. The molecule has 0 saturated carbocycles. The molecule has 0 aromatic rings. The van der Waals surface area contributed by atoms with E-state index in [-0.39, 0.29) is 24.8 Å². The summed E-state index contributed by atoms with van der Waals surface area (Å²) in [6.07, 6.45) is 0.228. The van der Waals surface area contributed by atoms with Crippen molar-refractivity contribution in [3.63, 3.8) is 0 Å². The smallest absolute Gasteiger partial charge is 0.337 e. The number of aliphatic carboxylic acids is 1. The first-order chi connectivity index (χ1) is 6.79. The predicted molar refractivity (Wildman–Crippen MR) is 54.1 cm³/mol. The molecule has 5 N–H and O–H groups in total. The molecule has 6 nitrogen and oxygen atoms in total. The molecule has 6 heteroatoms. The molecule has 0 aliphatic carbocycles. The molecule has 0 heterocycles. The Bertz CT molecular complexity index is 240. The third kappa shape index (κ3) is 5.34. The molecule has 0 spiro atoms. The highest BCUT2D eigenvalue weighted by Gasteiger charge is 2.30. The Kier molecular flexibility index (Phi) is 5.24. The van der Waals surface area contributed by atoms with E-state index in [2.05, 4.69) is 5.32 Å². The molecule has 1 amide bonds. The van der Waals surface area contributed by atoms with Crippen molar-refractivity contribution in [2.24, 2.45) is 11.7 Å². The van der Waals surface area contributed by atoms with Crippen molar-refractivity contribution in [2.75, 3.05) is 13.1 Å². The van der Waals surface area contributed by atoms with Gasteiger partial charge in [-0.25, -0.2) is 4.79 Å². The zero-order valence-electron chi connectivity index (χ0n) is 8.99. The fourth-order valence-electron chi connectivity index (χ4n) is 0.818. The van der Waals surface area contributed by atoms with Crippen LogP contribution in [0.2, 0.25) is 0 Å². The number of carboxylic acids is 1. The van der Waals surface area contributed by atoms with Gasteiger partial charge in [-0.05, 0) is 19.4 Å². The number of amides is 1. The van der Waals surface area contributed by atoms with Gasteiger partial charge < -0.3 is 21.3 Å². The van der Waals surface area contributed by atoms with Crippen LogP contribution >= 0.6 is 0 Å². The minimum Gasteiger partial charge on any atom is -0.479 e. The van der Waals surface area contributed by atoms with Gasteiger partial charge in [0, 0.05) is 6.42 Å². The lowest BCUT2D eigenvalue weighted by Gasteiger charge is -2.18. The van der Waals surface area contributed by atoms with Crippen molar-refractivity contribution in [1.29, 1.82) is 0 Å². The van der Waals surface area contributed by atoms with Crippen molar-refractivity contribution in [3.05, 3.63) is 0 Å². The Morgan fingerprint density at radius 2 is 2.07 bits per heavy atom.